The van der Waals surface area contributed by atoms with Crippen LogP contribution in [0.5, 0.6) is 0 Å². The standard InChI is InChI=1S/C17H21N3O3/c1-12-6-8-13(9-7-12)14-11-15(20-19-14)17(23)18-10-4-2-3-5-16(21)22/h6-9,11H,2-5,10H2,1H3,(H,18,23)(H,19,20)(H,21,22). The molecule has 0 fully saturated rings. The lowest BCUT2D eigenvalue weighted by Gasteiger charge is -2.02. The number of benzene rings is 1. The molecule has 6 heteroatoms. The van der Waals surface area contributed by atoms with E-state index in [1.165, 1.54) is 5.56 Å². The molecule has 2 aromatic rings. The molecule has 1 heterocycles. The van der Waals surface area contributed by atoms with Crippen molar-refractivity contribution in [3.05, 3.63) is 41.6 Å². The number of H-pyrrole nitrogens is 1. The number of aryl methyl sites for hydroxylation is 1. The van der Waals surface area contributed by atoms with Crippen LogP contribution in [-0.2, 0) is 4.79 Å². The van der Waals surface area contributed by atoms with E-state index in [-0.39, 0.29) is 12.3 Å². The first-order valence-corrected chi connectivity index (χ1v) is 7.68. The average Bonchev–Trinajstić information content (AvgIpc) is 3.01. The maximum Gasteiger partial charge on any atom is 0.303 e. The Hall–Kier alpha value is -2.63. The van der Waals surface area contributed by atoms with Gasteiger partial charge in [-0.15, -0.1) is 0 Å². The smallest absolute Gasteiger partial charge is 0.303 e. The van der Waals surface area contributed by atoms with Crippen LogP contribution in [0, 0.1) is 6.92 Å². The van der Waals surface area contributed by atoms with Crippen molar-refractivity contribution in [3.63, 3.8) is 0 Å². The number of rotatable bonds is 8. The Balaban J connectivity index is 1.79. The SMILES string of the molecule is Cc1ccc(-c2cc(C(=O)NCCCCCC(=O)O)[nH]n2)cc1. The number of carboxylic acids is 1. The van der Waals surface area contributed by atoms with Gasteiger partial charge in [0.15, 0.2) is 0 Å². The lowest BCUT2D eigenvalue weighted by molar-refractivity contribution is -0.137. The molecule has 0 spiro atoms. The summed E-state index contributed by atoms with van der Waals surface area (Å²) in [6, 6.07) is 9.66. The van der Waals surface area contributed by atoms with Gasteiger partial charge in [0.25, 0.3) is 5.91 Å². The molecule has 0 aliphatic heterocycles. The highest BCUT2D eigenvalue weighted by Crippen LogP contribution is 2.18. The third-order valence-electron chi connectivity index (χ3n) is 3.52. The number of hydrogen-bond donors (Lipinski definition) is 3. The Kier molecular flexibility index (Phi) is 5.91. The Labute approximate surface area is 134 Å². The predicted octanol–water partition coefficient (Wildman–Crippen LogP) is 2.76. The highest BCUT2D eigenvalue weighted by atomic mass is 16.4. The zero-order chi connectivity index (χ0) is 16.7. The third-order valence-corrected chi connectivity index (χ3v) is 3.52. The van der Waals surface area contributed by atoms with Crippen LogP contribution in [0.2, 0.25) is 0 Å². The van der Waals surface area contributed by atoms with Gasteiger partial charge in [0.1, 0.15) is 5.69 Å². The molecule has 0 saturated heterocycles. The monoisotopic (exact) mass is 315 g/mol. The molecule has 0 saturated carbocycles. The summed E-state index contributed by atoms with van der Waals surface area (Å²) in [5, 5.41) is 18.2. The summed E-state index contributed by atoms with van der Waals surface area (Å²) in [5.74, 6) is -0.982. The van der Waals surface area contributed by atoms with Gasteiger partial charge < -0.3 is 10.4 Å². The second-order valence-electron chi connectivity index (χ2n) is 5.49. The number of unbranched alkanes of at least 4 members (excludes halogenated alkanes) is 2. The van der Waals surface area contributed by atoms with Gasteiger partial charge in [0.2, 0.25) is 0 Å². The van der Waals surface area contributed by atoms with Gasteiger partial charge in [0.05, 0.1) is 5.69 Å². The summed E-state index contributed by atoms with van der Waals surface area (Å²) >= 11 is 0. The summed E-state index contributed by atoms with van der Waals surface area (Å²) in [4.78, 5) is 22.4. The van der Waals surface area contributed by atoms with E-state index >= 15 is 0 Å². The molecule has 0 aliphatic carbocycles. The molecule has 0 radical (unpaired) electrons. The first-order valence-electron chi connectivity index (χ1n) is 7.68. The minimum Gasteiger partial charge on any atom is -0.481 e. The molecule has 1 aromatic heterocycles. The van der Waals surface area contributed by atoms with Crippen LogP contribution < -0.4 is 5.32 Å². The number of aliphatic carboxylic acids is 1. The fourth-order valence-corrected chi connectivity index (χ4v) is 2.19. The van der Waals surface area contributed by atoms with Crippen molar-refractivity contribution in [1.82, 2.24) is 15.5 Å². The van der Waals surface area contributed by atoms with Gasteiger partial charge in [-0.2, -0.15) is 5.10 Å². The van der Waals surface area contributed by atoms with Crippen LogP contribution in [0.4, 0.5) is 0 Å². The molecule has 6 nitrogen and oxygen atoms in total. The van der Waals surface area contributed by atoms with E-state index in [0.29, 0.717) is 18.7 Å². The number of aromatic nitrogens is 2. The number of nitrogens with zero attached hydrogens (tertiary/aromatic N) is 1. The average molecular weight is 315 g/mol. The molecule has 1 amide bonds. The maximum atomic E-state index is 12.0. The maximum absolute atomic E-state index is 12.0. The van der Waals surface area contributed by atoms with Crippen molar-refractivity contribution in [2.24, 2.45) is 0 Å². The molecule has 0 atom stereocenters. The van der Waals surface area contributed by atoms with E-state index in [4.69, 9.17) is 5.11 Å². The Morgan fingerprint density at radius 1 is 1.17 bits per heavy atom. The van der Waals surface area contributed by atoms with Gasteiger partial charge in [-0.25, -0.2) is 0 Å². The molecule has 0 aliphatic rings. The largest absolute Gasteiger partial charge is 0.481 e. The summed E-state index contributed by atoms with van der Waals surface area (Å²) in [6.07, 6.45) is 2.35. The second-order valence-corrected chi connectivity index (χ2v) is 5.49. The van der Waals surface area contributed by atoms with Crippen molar-refractivity contribution in [2.75, 3.05) is 6.54 Å². The van der Waals surface area contributed by atoms with Gasteiger partial charge in [-0.05, 0) is 25.8 Å². The quantitative estimate of drug-likeness (QED) is 0.653. The minimum absolute atomic E-state index is 0.175. The van der Waals surface area contributed by atoms with Crippen LogP contribution in [-0.4, -0.2) is 33.7 Å². The number of carbonyl (C=O) groups is 2. The fraction of sp³-hybridized carbons (Fsp3) is 0.353. The summed E-state index contributed by atoms with van der Waals surface area (Å²) < 4.78 is 0. The molecular formula is C17H21N3O3. The number of nitrogens with one attached hydrogen (secondary N) is 2. The van der Waals surface area contributed by atoms with Gasteiger partial charge in [0, 0.05) is 18.5 Å². The molecule has 23 heavy (non-hydrogen) atoms. The molecule has 2 rings (SSSR count). The van der Waals surface area contributed by atoms with Crippen LogP contribution >= 0.6 is 0 Å². The highest BCUT2D eigenvalue weighted by Gasteiger charge is 2.10. The number of aromatic amines is 1. The second kappa shape index (κ2) is 8.12. The van der Waals surface area contributed by atoms with Crippen molar-refractivity contribution >= 4 is 11.9 Å². The molecule has 0 unspecified atom stereocenters. The van der Waals surface area contributed by atoms with E-state index in [0.717, 1.165) is 24.1 Å². The van der Waals surface area contributed by atoms with Crippen molar-refractivity contribution < 1.29 is 14.7 Å². The Morgan fingerprint density at radius 2 is 1.91 bits per heavy atom. The number of carboxylic acid groups (broad SMARTS) is 1. The number of amides is 1. The topological polar surface area (TPSA) is 95.1 Å². The normalized spacial score (nSPS) is 10.5. The molecule has 3 N–H and O–H groups in total. The lowest BCUT2D eigenvalue weighted by atomic mass is 10.1. The zero-order valence-corrected chi connectivity index (χ0v) is 13.1. The van der Waals surface area contributed by atoms with E-state index in [2.05, 4.69) is 15.5 Å². The first-order chi connectivity index (χ1) is 11.1. The summed E-state index contributed by atoms with van der Waals surface area (Å²) in [5.41, 5.74) is 3.28. The lowest BCUT2D eigenvalue weighted by Crippen LogP contribution is -2.24. The van der Waals surface area contributed by atoms with Crippen molar-refractivity contribution in [1.29, 1.82) is 0 Å². The van der Waals surface area contributed by atoms with Crippen molar-refractivity contribution in [2.45, 2.75) is 32.6 Å². The van der Waals surface area contributed by atoms with E-state index < -0.39 is 5.97 Å². The predicted molar refractivity (Wildman–Crippen MR) is 87.2 cm³/mol. The molecule has 0 bridgehead atoms. The van der Waals surface area contributed by atoms with Crippen molar-refractivity contribution in [3.8, 4) is 11.3 Å². The minimum atomic E-state index is -0.782. The van der Waals surface area contributed by atoms with E-state index in [1.807, 2.05) is 31.2 Å². The number of carbonyl (C=O) groups excluding carboxylic acids is 1. The Morgan fingerprint density at radius 3 is 2.61 bits per heavy atom. The summed E-state index contributed by atoms with van der Waals surface area (Å²) in [6.45, 7) is 2.54. The molecular weight excluding hydrogens is 294 g/mol. The fourth-order valence-electron chi connectivity index (χ4n) is 2.19. The number of hydrogen-bond acceptors (Lipinski definition) is 3. The van der Waals surface area contributed by atoms with E-state index in [1.54, 1.807) is 6.07 Å². The highest BCUT2D eigenvalue weighted by molar-refractivity contribution is 5.93. The first kappa shape index (κ1) is 16.7. The van der Waals surface area contributed by atoms with Crippen LogP contribution in [0.3, 0.4) is 0 Å². The van der Waals surface area contributed by atoms with Crippen LogP contribution in [0.1, 0.15) is 41.7 Å². The third kappa shape index (κ3) is 5.25. The molecule has 1 aromatic carbocycles. The Bertz CT molecular complexity index is 662. The van der Waals surface area contributed by atoms with Gasteiger partial charge >= 0.3 is 5.97 Å². The van der Waals surface area contributed by atoms with Crippen LogP contribution in [0.15, 0.2) is 30.3 Å². The summed E-state index contributed by atoms with van der Waals surface area (Å²) in [7, 11) is 0. The molecule has 122 valence electrons. The van der Waals surface area contributed by atoms with Crippen LogP contribution in [0.25, 0.3) is 11.3 Å². The zero-order valence-electron chi connectivity index (χ0n) is 13.1. The van der Waals surface area contributed by atoms with Gasteiger partial charge in [-0.3, -0.25) is 14.7 Å². The van der Waals surface area contributed by atoms with Gasteiger partial charge in [-0.1, -0.05) is 36.2 Å². The van der Waals surface area contributed by atoms with E-state index in [9.17, 15) is 9.59 Å².